The molecule has 2 aromatic rings. The zero-order valence-corrected chi connectivity index (χ0v) is 10.4. The summed E-state index contributed by atoms with van der Waals surface area (Å²) in [5.41, 5.74) is 7.36. The molecule has 0 aliphatic heterocycles. The zero-order chi connectivity index (χ0) is 13.8. The fourth-order valence-electron chi connectivity index (χ4n) is 1.88. The van der Waals surface area contributed by atoms with E-state index in [1.807, 2.05) is 0 Å². The van der Waals surface area contributed by atoms with Crippen LogP contribution in [0.15, 0.2) is 42.7 Å². The van der Waals surface area contributed by atoms with Crippen LogP contribution in [0.2, 0.25) is 0 Å². The number of pyridine rings is 1. The standard InChI is InChI=1S/C14H13N3O2/c1-16-14(19)11-5-3-2-4-9(11)10-6-7-17-8-12(10)13(15)18/h2-8H,1H3,(H2,15,18)(H,16,19). The number of nitrogens with two attached hydrogens (primary N) is 1. The van der Waals surface area contributed by atoms with Crippen LogP contribution in [-0.4, -0.2) is 23.8 Å². The Balaban J connectivity index is 2.66. The van der Waals surface area contributed by atoms with Crippen LogP contribution in [0.1, 0.15) is 20.7 Å². The summed E-state index contributed by atoms with van der Waals surface area (Å²) in [5.74, 6) is -0.794. The van der Waals surface area contributed by atoms with E-state index in [2.05, 4.69) is 10.3 Å². The Hall–Kier alpha value is -2.69. The molecule has 96 valence electrons. The maximum atomic E-state index is 11.8. The van der Waals surface area contributed by atoms with Crippen molar-refractivity contribution in [2.45, 2.75) is 0 Å². The first-order valence-electron chi connectivity index (χ1n) is 5.70. The summed E-state index contributed by atoms with van der Waals surface area (Å²) in [5, 5.41) is 2.57. The number of aromatic nitrogens is 1. The Morgan fingerprint density at radius 3 is 2.47 bits per heavy atom. The van der Waals surface area contributed by atoms with Crippen molar-refractivity contribution in [1.82, 2.24) is 10.3 Å². The van der Waals surface area contributed by atoms with Gasteiger partial charge in [-0.2, -0.15) is 0 Å². The molecule has 0 atom stereocenters. The van der Waals surface area contributed by atoms with Crippen molar-refractivity contribution in [2.75, 3.05) is 7.05 Å². The highest BCUT2D eigenvalue weighted by Crippen LogP contribution is 2.26. The Morgan fingerprint density at radius 2 is 1.79 bits per heavy atom. The number of primary amides is 1. The number of hydrogen-bond acceptors (Lipinski definition) is 3. The van der Waals surface area contributed by atoms with E-state index in [1.165, 1.54) is 6.20 Å². The van der Waals surface area contributed by atoms with Crippen molar-refractivity contribution in [3.05, 3.63) is 53.9 Å². The van der Waals surface area contributed by atoms with Gasteiger partial charge in [-0.15, -0.1) is 0 Å². The lowest BCUT2D eigenvalue weighted by Gasteiger charge is -2.10. The minimum Gasteiger partial charge on any atom is -0.366 e. The lowest BCUT2D eigenvalue weighted by Crippen LogP contribution is -2.19. The maximum Gasteiger partial charge on any atom is 0.251 e. The lowest BCUT2D eigenvalue weighted by atomic mass is 9.96. The van der Waals surface area contributed by atoms with Crippen molar-refractivity contribution in [3.63, 3.8) is 0 Å². The van der Waals surface area contributed by atoms with Crippen LogP contribution in [0.3, 0.4) is 0 Å². The number of nitrogens with zero attached hydrogens (tertiary/aromatic N) is 1. The molecule has 5 heteroatoms. The number of nitrogens with one attached hydrogen (secondary N) is 1. The highest BCUT2D eigenvalue weighted by molar-refractivity contribution is 6.05. The summed E-state index contributed by atoms with van der Waals surface area (Å²) in [6, 6.07) is 8.69. The first kappa shape index (κ1) is 12.8. The number of carbonyl (C=O) groups excluding carboxylic acids is 2. The number of benzene rings is 1. The van der Waals surface area contributed by atoms with Gasteiger partial charge in [-0.25, -0.2) is 0 Å². The Bertz CT molecular complexity index is 638. The lowest BCUT2D eigenvalue weighted by molar-refractivity contribution is 0.0961. The van der Waals surface area contributed by atoms with E-state index >= 15 is 0 Å². The molecule has 0 spiro atoms. The van der Waals surface area contributed by atoms with Crippen molar-refractivity contribution in [1.29, 1.82) is 0 Å². The third-order valence-electron chi connectivity index (χ3n) is 2.78. The second-order valence-corrected chi connectivity index (χ2v) is 3.91. The Labute approximate surface area is 110 Å². The molecular formula is C14H13N3O2. The molecule has 0 unspecified atom stereocenters. The Morgan fingerprint density at radius 1 is 1.11 bits per heavy atom. The number of rotatable bonds is 3. The molecule has 1 aromatic heterocycles. The minimum atomic E-state index is -0.574. The molecule has 1 heterocycles. The van der Waals surface area contributed by atoms with Gasteiger partial charge in [-0.1, -0.05) is 18.2 Å². The highest BCUT2D eigenvalue weighted by Gasteiger charge is 2.15. The number of amides is 2. The van der Waals surface area contributed by atoms with Crippen molar-refractivity contribution >= 4 is 11.8 Å². The van der Waals surface area contributed by atoms with Gasteiger partial charge < -0.3 is 11.1 Å². The summed E-state index contributed by atoms with van der Waals surface area (Å²) in [4.78, 5) is 27.2. The van der Waals surface area contributed by atoms with E-state index in [1.54, 1.807) is 43.6 Å². The monoisotopic (exact) mass is 255 g/mol. The third kappa shape index (κ3) is 2.44. The molecule has 0 aliphatic rings. The number of hydrogen-bond donors (Lipinski definition) is 2. The van der Waals surface area contributed by atoms with Crippen LogP contribution in [-0.2, 0) is 0 Å². The molecule has 0 aliphatic carbocycles. The second kappa shape index (κ2) is 5.30. The number of carbonyl (C=O) groups is 2. The average molecular weight is 255 g/mol. The van der Waals surface area contributed by atoms with Crippen LogP contribution >= 0.6 is 0 Å². The molecule has 2 amide bonds. The summed E-state index contributed by atoms with van der Waals surface area (Å²) < 4.78 is 0. The molecule has 0 bridgehead atoms. The smallest absolute Gasteiger partial charge is 0.251 e. The van der Waals surface area contributed by atoms with Crippen molar-refractivity contribution in [2.24, 2.45) is 5.73 Å². The minimum absolute atomic E-state index is 0.220. The first-order chi connectivity index (χ1) is 9.15. The molecule has 0 saturated carbocycles. The zero-order valence-electron chi connectivity index (χ0n) is 10.4. The van der Waals surface area contributed by atoms with Gasteiger partial charge >= 0.3 is 0 Å². The van der Waals surface area contributed by atoms with Crippen LogP contribution < -0.4 is 11.1 Å². The SMILES string of the molecule is CNC(=O)c1ccccc1-c1ccncc1C(N)=O. The summed E-state index contributed by atoms with van der Waals surface area (Å²) in [7, 11) is 1.56. The van der Waals surface area contributed by atoms with E-state index in [0.29, 0.717) is 22.3 Å². The first-order valence-corrected chi connectivity index (χ1v) is 5.70. The predicted octanol–water partition coefficient (Wildman–Crippen LogP) is 1.21. The van der Waals surface area contributed by atoms with Crippen LogP contribution in [0, 0.1) is 0 Å². The molecule has 5 nitrogen and oxygen atoms in total. The highest BCUT2D eigenvalue weighted by atomic mass is 16.2. The molecule has 0 fully saturated rings. The van der Waals surface area contributed by atoms with Crippen LogP contribution in [0.4, 0.5) is 0 Å². The van der Waals surface area contributed by atoms with Gasteiger partial charge in [0.25, 0.3) is 11.8 Å². The fourth-order valence-corrected chi connectivity index (χ4v) is 1.88. The van der Waals surface area contributed by atoms with Crippen molar-refractivity contribution in [3.8, 4) is 11.1 Å². The summed E-state index contributed by atoms with van der Waals surface area (Å²) in [6.07, 6.45) is 2.96. The molecule has 2 rings (SSSR count). The quantitative estimate of drug-likeness (QED) is 0.864. The van der Waals surface area contributed by atoms with Crippen LogP contribution in [0.25, 0.3) is 11.1 Å². The van der Waals surface area contributed by atoms with Gasteiger partial charge in [-0.05, 0) is 23.3 Å². The summed E-state index contributed by atoms with van der Waals surface area (Å²) in [6.45, 7) is 0. The molecule has 19 heavy (non-hydrogen) atoms. The van der Waals surface area contributed by atoms with Crippen molar-refractivity contribution < 1.29 is 9.59 Å². The van der Waals surface area contributed by atoms with E-state index in [-0.39, 0.29) is 5.91 Å². The molecule has 3 N–H and O–H groups in total. The van der Waals surface area contributed by atoms with E-state index in [4.69, 9.17) is 5.73 Å². The van der Waals surface area contributed by atoms with Gasteiger partial charge in [0, 0.05) is 25.0 Å². The Kier molecular flexibility index (Phi) is 3.56. The van der Waals surface area contributed by atoms with Gasteiger partial charge in [-0.3, -0.25) is 14.6 Å². The largest absolute Gasteiger partial charge is 0.366 e. The molecule has 0 saturated heterocycles. The topological polar surface area (TPSA) is 85.1 Å². The predicted molar refractivity (Wildman–Crippen MR) is 71.6 cm³/mol. The molecular weight excluding hydrogens is 242 g/mol. The molecule has 0 radical (unpaired) electrons. The third-order valence-corrected chi connectivity index (χ3v) is 2.78. The van der Waals surface area contributed by atoms with Gasteiger partial charge in [0.05, 0.1) is 5.56 Å². The maximum absolute atomic E-state index is 11.8. The van der Waals surface area contributed by atoms with Gasteiger partial charge in [0.2, 0.25) is 0 Å². The summed E-state index contributed by atoms with van der Waals surface area (Å²) >= 11 is 0. The van der Waals surface area contributed by atoms with E-state index in [9.17, 15) is 9.59 Å². The van der Waals surface area contributed by atoms with Gasteiger partial charge in [0.1, 0.15) is 0 Å². The van der Waals surface area contributed by atoms with E-state index < -0.39 is 5.91 Å². The second-order valence-electron chi connectivity index (χ2n) is 3.91. The van der Waals surface area contributed by atoms with E-state index in [0.717, 1.165) is 0 Å². The normalized spacial score (nSPS) is 9.95. The average Bonchev–Trinajstić information content (AvgIpc) is 2.46. The van der Waals surface area contributed by atoms with Gasteiger partial charge in [0.15, 0.2) is 0 Å². The van der Waals surface area contributed by atoms with Crippen LogP contribution in [0.5, 0.6) is 0 Å². The molecule has 1 aromatic carbocycles. The fraction of sp³-hybridized carbons (Fsp3) is 0.0714.